The number of benzene rings is 2. The smallest absolute Gasteiger partial charge is 0.220 e. The second-order valence-corrected chi connectivity index (χ2v) is 6.58. The molecule has 2 N–H and O–H groups in total. The highest BCUT2D eigenvalue weighted by molar-refractivity contribution is 5.85. The van der Waals surface area contributed by atoms with Crippen LogP contribution in [-0.4, -0.2) is 25.5 Å². The molecule has 1 aliphatic heterocycles. The quantitative estimate of drug-likeness (QED) is 0.745. The Bertz CT molecular complexity index is 655. The minimum absolute atomic E-state index is 0. The Labute approximate surface area is 161 Å². The summed E-state index contributed by atoms with van der Waals surface area (Å²) in [6.07, 6.45) is 2.59. The molecule has 4 nitrogen and oxygen atoms in total. The fourth-order valence-electron chi connectivity index (χ4n) is 3.06. The number of amides is 1. The van der Waals surface area contributed by atoms with Gasteiger partial charge in [-0.2, -0.15) is 0 Å². The number of hydrogen-bond donors (Lipinski definition) is 2. The Morgan fingerprint density at radius 3 is 2.54 bits per heavy atom. The van der Waals surface area contributed by atoms with Crippen LogP contribution >= 0.6 is 12.4 Å². The highest BCUT2D eigenvalue weighted by Gasteiger charge is 2.17. The summed E-state index contributed by atoms with van der Waals surface area (Å²) in [5.41, 5.74) is 2.36. The average molecular weight is 375 g/mol. The van der Waals surface area contributed by atoms with E-state index < -0.39 is 0 Å². The number of halogens is 1. The highest BCUT2D eigenvalue weighted by Crippen LogP contribution is 2.15. The van der Waals surface area contributed by atoms with Gasteiger partial charge in [-0.3, -0.25) is 4.79 Å². The van der Waals surface area contributed by atoms with Gasteiger partial charge in [0.2, 0.25) is 5.91 Å². The molecule has 1 heterocycles. The molecule has 0 radical (unpaired) electrons. The van der Waals surface area contributed by atoms with Gasteiger partial charge in [0.05, 0.1) is 0 Å². The molecule has 2 aromatic carbocycles. The van der Waals surface area contributed by atoms with Crippen LogP contribution in [0.2, 0.25) is 0 Å². The summed E-state index contributed by atoms with van der Waals surface area (Å²) in [6, 6.07) is 18.2. The first-order valence-corrected chi connectivity index (χ1v) is 9.03. The number of nitrogens with one attached hydrogen (secondary N) is 2. The zero-order chi connectivity index (χ0) is 17.3. The van der Waals surface area contributed by atoms with E-state index in [0.717, 1.165) is 37.2 Å². The standard InChI is InChI=1S/C21H26N2O2.ClH/c24-21(14-19-10-12-22-15-19)23-13-11-17-6-8-20(9-7-17)25-16-18-4-2-1-3-5-18;/h1-9,19,22H,10-16H2,(H,23,24);1H. The third-order valence-corrected chi connectivity index (χ3v) is 4.54. The van der Waals surface area contributed by atoms with E-state index in [1.54, 1.807) is 0 Å². The molecule has 5 heteroatoms. The molecule has 0 aromatic heterocycles. The Balaban J connectivity index is 0.00000243. The van der Waals surface area contributed by atoms with E-state index in [-0.39, 0.29) is 18.3 Å². The van der Waals surface area contributed by atoms with E-state index in [9.17, 15) is 4.79 Å². The molecule has 1 fully saturated rings. The normalized spacial score (nSPS) is 15.9. The summed E-state index contributed by atoms with van der Waals surface area (Å²) in [6.45, 7) is 3.27. The molecule has 2 aromatic rings. The van der Waals surface area contributed by atoms with Gasteiger partial charge in [-0.25, -0.2) is 0 Å². The van der Waals surface area contributed by atoms with Gasteiger partial charge in [0.1, 0.15) is 12.4 Å². The van der Waals surface area contributed by atoms with Gasteiger partial charge in [0.15, 0.2) is 0 Å². The largest absolute Gasteiger partial charge is 0.489 e. The highest BCUT2D eigenvalue weighted by atomic mass is 35.5. The maximum absolute atomic E-state index is 11.9. The number of rotatable bonds is 8. The Morgan fingerprint density at radius 1 is 1.08 bits per heavy atom. The van der Waals surface area contributed by atoms with Crippen molar-refractivity contribution >= 4 is 18.3 Å². The minimum atomic E-state index is 0. The van der Waals surface area contributed by atoms with E-state index in [2.05, 4.69) is 34.9 Å². The first-order valence-electron chi connectivity index (χ1n) is 9.03. The van der Waals surface area contributed by atoms with Crippen LogP contribution in [0, 0.1) is 5.92 Å². The van der Waals surface area contributed by atoms with Gasteiger partial charge < -0.3 is 15.4 Å². The fraction of sp³-hybridized carbons (Fsp3) is 0.381. The molecule has 1 aliphatic rings. The molecule has 1 unspecified atom stereocenters. The lowest BCUT2D eigenvalue weighted by Crippen LogP contribution is -2.28. The monoisotopic (exact) mass is 374 g/mol. The van der Waals surface area contributed by atoms with Crippen LogP contribution in [-0.2, 0) is 17.8 Å². The summed E-state index contributed by atoms with van der Waals surface area (Å²) in [5.74, 6) is 1.53. The molecule has 0 aliphatic carbocycles. The maximum Gasteiger partial charge on any atom is 0.220 e. The minimum Gasteiger partial charge on any atom is -0.489 e. The zero-order valence-corrected chi connectivity index (χ0v) is 15.8. The number of ether oxygens (including phenoxy) is 1. The van der Waals surface area contributed by atoms with Crippen molar-refractivity contribution in [3.05, 3.63) is 65.7 Å². The van der Waals surface area contributed by atoms with E-state index >= 15 is 0 Å². The predicted molar refractivity (Wildman–Crippen MR) is 107 cm³/mol. The van der Waals surface area contributed by atoms with Crippen LogP contribution in [0.15, 0.2) is 54.6 Å². The molecular formula is C21H27ClN2O2. The topological polar surface area (TPSA) is 50.4 Å². The van der Waals surface area contributed by atoms with Crippen LogP contribution < -0.4 is 15.4 Å². The molecule has 3 rings (SSSR count). The summed E-state index contributed by atoms with van der Waals surface area (Å²) >= 11 is 0. The van der Waals surface area contributed by atoms with Crippen molar-refractivity contribution < 1.29 is 9.53 Å². The van der Waals surface area contributed by atoms with Gasteiger partial charge in [-0.1, -0.05) is 42.5 Å². The van der Waals surface area contributed by atoms with Gasteiger partial charge in [-0.15, -0.1) is 12.4 Å². The Hall–Kier alpha value is -2.04. The maximum atomic E-state index is 11.9. The van der Waals surface area contributed by atoms with Crippen molar-refractivity contribution in [2.24, 2.45) is 5.92 Å². The first-order chi connectivity index (χ1) is 12.3. The van der Waals surface area contributed by atoms with Crippen molar-refractivity contribution in [3.63, 3.8) is 0 Å². The fourth-order valence-corrected chi connectivity index (χ4v) is 3.06. The van der Waals surface area contributed by atoms with Crippen molar-refractivity contribution in [1.29, 1.82) is 0 Å². The first kappa shape index (κ1) is 20.3. The lowest BCUT2D eigenvalue weighted by molar-refractivity contribution is -0.121. The van der Waals surface area contributed by atoms with Crippen molar-refractivity contribution in [2.45, 2.75) is 25.9 Å². The SMILES string of the molecule is Cl.O=C(CC1CCNC1)NCCc1ccc(OCc2ccccc2)cc1. The molecule has 1 amide bonds. The lowest BCUT2D eigenvalue weighted by atomic mass is 10.0. The van der Waals surface area contributed by atoms with Crippen LogP contribution in [0.3, 0.4) is 0 Å². The van der Waals surface area contributed by atoms with Crippen LogP contribution in [0.5, 0.6) is 5.75 Å². The second kappa shape index (κ2) is 10.8. The van der Waals surface area contributed by atoms with Crippen molar-refractivity contribution in [3.8, 4) is 5.75 Å². The lowest BCUT2D eigenvalue weighted by Gasteiger charge is -2.10. The summed E-state index contributed by atoms with van der Waals surface area (Å²) in [5, 5.41) is 6.32. The molecule has 1 atom stereocenters. The molecular weight excluding hydrogens is 348 g/mol. The van der Waals surface area contributed by atoms with Gasteiger partial charge in [-0.05, 0) is 55.1 Å². The van der Waals surface area contributed by atoms with Crippen LogP contribution in [0.4, 0.5) is 0 Å². The predicted octanol–water partition coefficient (Wildman–Crippen LogP) is 3.35. The third-order valence-electron chi connectivity index (χ3n) is 4.54. The van der Waals surface area contributed by atoms with E-state index in [0.29, 0.717) is 25.5 Å². The number of carbonyl (C=O) groups excluding carboxylic acids is 1. The van der Waals surface area contributed by atoms with E-state index in [1.807, 2.05) is 30.3 Å². The average Bonchev–Trinajstić information content (AvgIpc) is 3.15. The van der Waals surface area contributed by atoms with Crippen LogP contribution in [0.25, 0.3) is 0 Å². The molecule has 0 spiro atoms. The second-order valence-electron chi connectivity index (χ2n) is 6.58. The molecule has 140 valence electrons. The summed E-state index contributed by atoms with van der Waals surface area (Å²) in [7, 11) is 0. The van der Waals surface area contributed by atoms with Gasteiger partial charge >= 0.3 is 0 Å². The summed E-state index contributed by atoms with van der Waals surface area (Å²) in [4.78, 5) is 11.9. The van der Waals surface area contributed by atoms with Gasteiger partial charge in [0.25, 0.3) is 0 Å². The number of hydrogen-bond acceptors (Lipinski definition) is 3. The Kier molecular flexibility index (Phi) is 8.45. The van der Waals surface area contributed by atoms with E-state index in [1.165, 1.54) is 5.56 Å². The summed E-state index contributed by atoms with van der Waals surface area (Å²) < 4.78 is 5.79. The molecule has 26 heavy (non-hydrogen) atoms. The van der Waals surface area contributed by atoms with Crippen molar-refractivity contribution in [1.82, 2.24) is 10.6 Å². The van der Waals surface area contributed by atoms with Gasteiger partial charge in [0, 0.05) is 13.0 Å². The number of carbonyl (C=O) groups is 1. The zero-order valence-electron chi connectivity index (χ0n) is 14.9. The van der Waals surface area contributed by atoms with E-state index in [4.69, 9.17) is 4.74 Å². The molecule has 0 saturated carbocycles. The van der Waals surface area contributed by atoms with Crippen molar-refractivity contribution in [2.75, 3.05) is 19.6 Å². The third kappa shape index (κ3) is 6.70. The van der Waals surface area contributed by atoms with Crippen LogP contribution in [0.1, 0.15) is 24.0 Å². The Morgan fingerprint density at radius 2 is 1.85 bits per heavy atom. The molecule has 1 saturated heterocycles. The molecule has 0 bridgehead atoms.